The Morgan fingerprint density at radius 3 is 2.53 bits per heavy atom. The van der Waals surface area contributed by atoms with E-state index in [1.54, 1.807) is 30.2 Å². The third-order valence-corrected chi connectivity index (χ3v) is 6.34. The lowest BCUT2D eigenvalue weighted by Gasteiger charge is -2.14. The van der Waals surface area contributed by atoms with Crippen molar-refractivity contribution in [1.82, 2.24) is 25.0 Å². The fraction of sp³-hybridized carbons (Fsp3) is 0.333. The Hall–Kier alpha value is -2.65. The van der Waals surface area contributed by atoms with Crippen LogP contribution in [-0.4, -0.2) is 32.1 Å². The summed E-state index contributed by atoms with van der Waals surface area (Å²) in [5, 5.41) is 20.1. The standard InChI is InChI=1S/C21H23N5O2S2/c1-13(2)12-26-18(15-7-9-16(27-4)10-8-15)22-25-21(26)30-14(3)19-23-24-20(28-19)17-6-5-11-29-17/h5-11,13-14H,12H2,1-4H3/t14-/m0/s1. The highest BCUT2D eigenvalue weighted by Gasteiger charge is 2.22. The van der Waals surface area contributed by atoms with Crippen LogP contribution in [0, 0.1) is 5.92 Å². The molecule has 0 saturated carbocycles. The first-order valence-corrected chi connectivity index (χ1v) is 11.4. The average Bonchev–Trinajstić information content (AvgIpc) is 3.49. The van der Waals surface area contributed by atoms with Crippen LogP contribution in [0.3, 0.4) is 0 Å². The Morgan fingerprint density at radius 2 is 1.87 bits per heavy atom. The zero-order chi connectivity index (χ0) is 21.1. The first-order chi connectivity index (χ1) is 14.5. The molecule has 3 heterocycles. The average molecular weight is 442 g/mol. The zero-order valence-electron chi connectivity index (χ0n) is 17.3. The molecule has 0 fully saturated rings. The smallest absolute Gasteiger partial charge is 0.257 e. The number of thioether (sulfide) groups is 1. The molecule has 0 spiro atoms. The molecule has 0 bridgehead atoms. The second kappa shape index (κ2) is 9.01. The van der Waals surface area contributed by atoms with Crippen LogP contribution in [-0.2, 0) is 6.54 Å². The van der Waals surface area contributed by atoms with Crippen LogP contribution in [0.25, 0.3) is 22.2 Å². The largest absolute Gasteiger partial charge is 0.497 e. The molecule has 9 heteroatoms. The van der Waals surface area contributed by atoms with E-state index >= 15 is 0 Å². The maximum absolute atomic E-state index is 5.90. The van der Waals surface area contributed by atoms with Crippen LogP contribution in [0.5, 0.6) is 5.75 Å². The molecule has 0 aliphatic heterocycles. The third kappa shape index (κ3) is 4.41. The third-order valence-electron chi connectivity index (χ3n) is 4.42. The summed E-state index contributed by atoms with van der Waals surface area (Å²) in [7, 11) is 1.66. The Morgan fingerprint density at radius 1 is 1.07 bits per heavy atom. The molecule has 0 aliphatic carbocycles. The fourth-order valence-electron chi connectivity index (χ4n) is 2.97. The molecular formula is C21H23N5O2S2. The molecule has 30 heavy (non-hydrogen) atoms. The van der Waals surface area contributed by atoms with Gasteiger partial charge in [0.2, 0.25) is 5.89 Å². The van der Waals surface area contributed by atoms with Crippen molar-refractivity contribution in [2.45, 2.75) is 37.7 Å². The molecule has 156 valence electrons. The van der Waals surface area contributed by atoms with Gasteiger partial charge < -0.3 is 13.7 Å². The van der Waals surface area contributed by atoms with Gasteiger partial charge in [0.15, 0.2) is 11.0 Å². The molecule has 1 aromatic carbocycles. The molecular weight excluding hydrogens is 418 g/mol. The summed E-state index contributed by atoms with van der Waals surface area (Å²) < 4.78 is 13.3. The van der Waals surface area contributed by atoms with E-state index in [0.29, 0.717) is 17.7 Å². The van der Waals surface area contributed by atoms with Crippen LogP contribution in [0.4, 0.5) is 0 Å². The Kier molecular flexibility index (Phi) is 6.19. The summed E-state index contributed by atoms with van der Waals surface area (Å²) in [4.78, 5) is 0.968. The van der Waals surface area contributed by atoms with E-state index in [2.05, 4.69) is 38.8 Å². The fourth-order valence-corrected chi connectivity index (χ4v) is 4.50. The molecule has 7 nitrogen and oxygen atoms in total. The number of benzene rings is 1. The van der Waals surface area contributed by atoms with Crippen LogP contribution in [0.15, 0.2) is 51.4 Å². The van der Waals surface area contributed by atoms with Crippen molar-refractivity contribution < 1.29 is 9.15 Å². The molecule has 4 rings (SSSR count). The predicted molar refractivity (Wildman–Crippen MR) is 119 cm³/mol. The van der Waals surface area contributed by atoms with Crippen molar-refractivity contribution in [2.75, 3.05) is 7.11 Å². The van der Waals surface area contributed by atoms with Crippen molar-refractivity contribution in [3.63, 3.8) is 0 Å². The quantitative estimate of drug-likeness (QED) is 0.331. The van der Waals surface area contributed by atoms with Crippen molar-refractivity contribution in [3.8, 4) is 27.9 Å². The topological polar surface area (TPSA) is 78.9 Å². The number of thiophene rings is 1. The molecule has 3 aromatic heterocycles. The molecule has 0 amide bonds. The van der Waals surface area contributed by atoms with Crippen LogP contribution in [0.1, 0.15) is 31.9 Å². The number of methoxy groups -OCH3 is 1. The number of rotatable bonds is 8. The van der Waals surface area contributed by atoms with Gasteiger partial charge in [-0.3, -0.25) is 0 Å². The highest BCUT2D eigenvalue weighted by molar-refractivity contribution is 7.99. The Balaban J connectivity index is 1.59. The SMILES string of the molecule is COc1ccc(-c2nnc(S[C@@H](C)c3nnc(-c4cccs4)o3)n2CC(C)C)cc1. The van der Waals surface area contributed by atoms with Crippen molar-refractivity contribution in [3.05, 3.63) is 47.7 Å². The second-order valence-electron chi connectivity index (χ2n) is 7.22. The number of nitrogens with zero attached hydrogens (tertiary/aromatic N) is 5. The summed E-state index contributed by atoms with van der Waals surface area (Å²) in [6, 6.07) is 11.8. The maximum Gasteiger partial charge on any atom is 0.257 e. The molecule has 1 atom stereocenters. The first-order valence-electron chi connectivity index (χ1n) is 9.66. The minimum Gasteiger partial charge on any atom is -0.497 e. The van der Waals surface area contributed by atoms with Crippen LogP contribution < -0.4 is 4.74 Å². The highest BCUT2D eigenvalue weighted by Crippen LogP contribution is 2.36. The van der Waals surface area contributed by atoms with Crippen LogP contribution in [0.2, 0.25) is 0 Å². The van der Waals surface area contributed by atoms with Gasteiger partial charge in [0, 0.05) is 12.1 Å². The van der Waals surface area contributed by atoms with E-state index in [1.807, 2.05) is 48.7 Å². The number of aromatic nitrogens is 5. The van der Waals surface area contributed by atoms with Crippen molar-refractivity contribution >= 4 is 23.1 Å². The molecule has 0 saturated heterocycles. The van der Waals surface area contributed by atoms with Crippen molar-refractivity contribution in [2.24, 2.45) is 5.92 Å². The van der Waals surface area contributed by atoms with E-state index in [0.717, 1.165) is 33.7 Å². The maximum atomic E-state index is 5.90. The van der Waals surface area contributed by atoms with Gasteiger partial charge in [-0.1, -0.05) is 31.7 Å². The number of hydrogen-bond donors (Lipinski definition) is 0. The summed E-state index contributed by atoms with van der Waals surface area (Å²) in [5.74, 6) is 3.23. The van der Waals surface area contributed by atoms with Gasteiger partial charge in [-0.2, -0.15) is 0 Å². The summed E-state index contributed by atoms with van der Waals surface area (Å²) in [6.07, 6.45) is 0. The van der Waals surface area contributed by atoms with Gasteiger partial charge >= 0.3 is 0 Å². The molecule has 4 aromatic rings. The lowest BCUT2D eigenvalue weighted by atomic mass is 10.2. The van der Waals surface area contributed by atoms with Gasteiger partial charge in [0.1, 0.15) is 5.75 Å². The van der Waals surface area contributed by atoms with Gasteiger partial charge in [-0.15, -0.1) is 31.7 Å². The molecule has 0 unspecified atom stereocenters. The van der Waals surface area contributed by atoms with E-state index in [1.165, 1.54) is 0 Å². The van der Waals surface area contributed by atoms with Gasteiger partial charge in [-0.25, -0.2) is 0 Å². The molecule has 0 aliphatic rings. The summed E-state index contributed by atoms with van der Waals surface area (Å²) >= 11 is 3.15. The van der Waals surface area contributed by atoms with Crippen molar-refractivity contribution in [1.29, 1.82) is 0 Å². The second-order valence-corrected chi connectivity index (χ2v) is 9.48. The van der Waals surface area contributed by atoms with Gasteiger partial charge in [-0.05, 0) is 48.6 Å². The van der Waals surface area contributed by atoms with Crippen LogP contribution >= 0.6 is 23.1 Å². The monoisotopic (exact) mass is 441 g/mol. The number of ether oxygens (including phenoxy) is 1. The minimum atomic E-state index is -0.0509. The summed E-state index contributed by atoms with van der Waals surface area (Å²) in [6.45, 7) is 7.22. The lowest BCUT2D eigenvalue weighted by molar-refractivity contribution is 0.415. The van der Waals surface area contributed by atoms with E-state index in [9.17, 15) is 0 Å². The summed E-state index contributed by atoms with van der Waals surface area (Å²) in [5.41, 5.74) is 1.00. The first kappa shape index (κ1) is 20.6. The normalized spacial score (nSPS) is 12.4. The minimum absolute atomic E-state index is 0.0509. The van der Waals surface area contributed by atoms with E-state index < -0.39 is 0 Å². The zero-order valence-corrected chi connectivity index (χ0v) is 18.9. The van der Waals surface area contributed by atoms with Gasteiger partial charge in [0.25, 0.3) is 5.89 Å². The number of hydrogen-bond acceptors (Lipinski definition) is 8. The molecule has 0 N–H and O–H groups in total. The lowest BCUT2D eigenvalue weighted by Crippen LogP contribution is -2.08. The highest BCUT2D eigenvalue weighted by atomic mass is 32.2. The van der Waals surface area contributed by atoms with Gasteiger partial charge in [0.05, 0.1) is 17.2 Å². The Labute approximate surface area is 183 Å². The predicted octanol–water partition coefficient (Wildman–Crippen LogP) is 5.57. The van der Waals surface area contributed by atoms with E-state index in [-0.39, 0.29) is 5.25 Å². The molecule has 0 radical (unpaired) electrons. The van der Waals surface area contributed by atoms with E-state index in [4.69, 9.17) is 9.15 Å². The Bertz CT molecular complexity index is 1090.